The van der Waals surface area contributed by atoms with Crippen LogP contribution >= 0.6 is 0 Å². The van der Waals surface area contributed by atoms with Crippen LogP contribution in [0.5, 0.6) is 0 Å². The van der Waals surface area contributed by atoms with Gasteiger partial charge in [0, 0.05) is 32.2 Å². The van der Waals surface area contributed by atoms with Crippen LogP contribution in [0, 0.1) is 0 Å². The Kier molecular flexibility index (Phi) is 19.4. The molecule has 14 heteroatoms. The van der Waals surface area contributed by atoms with Gasteiger partial charge < -0.3 is 36.6 Å². The van der Waals surface area contributed by atoms with E-state index >= 15 is 0 Å². The van der Waals surface area contributed by atoms with Gasteiger partial charge in [0.1, 0.15) is 17.9 Å². The van der Waals surface area contributed by atoms with Gasteiger partial charge in [-0.15, -0.1) is 0 Å². The van der Waals surface area contributed by atoms with E-state index in [0.717, 1.165) is 0 Å². The summed E-state index contributed by atoms with van der Waals surface area (Å²) in [5, 5.41) is 37.5. The number of hydrogen-bond donors (Lipinski definition) is 7. The second-order valence-corrected chi connectivity index (χ2v) is 9.60. The van der Waals surface area contributed by atoms with E-state index in [0.29, 0.717) is 51.5 Å². The fourth-order valence-corrected chi connectivity index (χ4v) is 3.85. The molecule has 0 aliphatic carbocycles. The molecule has 0 saturated heterocycles. The SMILES string of the molecule is CN[C@@H](CCCCNC(=O)CC[C@H](NC(=O)CC[C@H](NC(=O)CCCCCCC(=O)O)C(=O)O)C(=O)O)C(C)=O. The van der Waals surface area contributed by atoms with E-state index in [4.69, 9.17) is 5.11 Å². The first-order valence-corrected chi connectivity index (χ1v) is 13.6. The fourth-order valence-electron chi connectivity index (χ4n) is 3.85. The zero-order valence-corrected chi connectivity index (χ0v) is 23.3. The largest absolute Gasteiger partial charge is 0.481 e. The molecule has 0 aliphatic heterocycles. The Bertz CT molecular complexity index is 864. The minimum absolute atomic E-state index is 0.0369. The normalized spacial score (nSPS) is 12.9. The van der Waals surface area contributed by atoms with Gasteiger partial charge in [0.05, 0.1) is 6.04 Å². The number of carbonyl (C=O) groups excluding carboxylic acids is 4. The van der Waals surface area contributed by atoms with Crippen molar-refractivity contribution in [3.8, 4) is 0 Å². The number of rotatable bonds is 24. The number of likely N-dealkylation sites (N-methyl/N-ethyl adjacent to an activating group) is 1. The highest BCUT2D eigenvalue weighted by molar-refractivity contribution is 5.86. The molecule has 0 aliphatic rings. The Balaban J connectivity index is 4.39. The third kappa shape index (κ3) is 18.7. The average molecular weight is 573 g/mol. The van der Waals surface area contributed by atoms with E-state index in [-0.39, 0.29) is 56.3 Å². The lowest BCUT2D eigenvalue weighted by Crippen LogP contribution is -2.44. The molecule has 3 amide bonds. The summed E-state index contributed by atoms with van der Waals surface area (Å²) < 4.78 is 0. The van der Waals surface area contributed by atoms with Gasteiger partial charge in [0.15, 0.2) is 0 Å². The topological polar surface area (TPSA) is 228 Å². The van der Waals surface area contributed by atoms with Crippen LogP contribution in [0.4, 0.5) is 0 Å². The second-order valence-electron chi connectivity index (χ2n) is 9.60. The molecular weight excluding hydrogens is 528 g/mol. The van der Waals surface area contributed by atoms with Crippen LogP contribution in [-0.2, 0) is 33.6 Å². The number of nitrogens with one attached hydrogen (secondary N) is 4. The number of hydrogen-bond acceptors (Lipinski definition) is 8. The lowest BCUT2D eigenvalue weighted by molar-refractivity contribution is -0.143. The van der Waals surface area contributed by atoms with Crippen LogP contribution in [0.15, 0.2) is 0 Å². The second kappa shape index (κ2) is 21.3. The quantitative estimate of drug-likeness (QED) is 0.0791. The Hall–Kier alpha value is -3.55. The smallest absolute Gasteiger partial charge is 0.326 e. The van der Waals surface area contributed by atoms with Crippen LogP contribution in [-0.4, -0.2) is 88.5 Å². The molecule has 0 aromatic heterocycles. The van der Waals surface area contributed by atoms with Gasteiger partial charge in [-0.3, -0.25) is 24.0 Å². The van der Waals surface area contributed by atoms with Crippen LogP contribution in [0.2, 0.25) is 0 Å². The van der Waals surface area contributed by atoms with Gasteiger partial charge >= 0.3 is 17.9 Å². The maximum absolute atomic E-state index is 12.3. The summed E-state index contributed by atoms with van der Waals surface area (Å²) in [7, 11) is 1.70. The fraction of sp³-hybridized carbons (Fsp3) is 0.731. The van der Waals surface area contributed by atoms with Crippen molar-refractivity contribution in [2.45, 2.75) is 109 Å². The Morgan fingerprint density at radius 3 is 1.55 bits per heavy atom. The molecule has 228 valence electrons. The number of aliphatic carboxylic acids is 3. The van der Waals surface area contributed by atoms with E-state index in [1.54, 1.807) is 7.05 Å². The van der Waals surface area contributed by atoms with Crippen molar-refractivity contribution in [1.82, 2.24) is 21.3 Å². The number of carboxylic acid groups (broad SMARTS) is 3. The third-order valence-corrected chi connectivity index (χ3v) is 6.21. The molecule has 0 bridgehead atoms. The van der Waals surface area contributed by atoms with Crippen LogP contribution in [0.25, 0.3) is 0 Å². The summed E-state index contributed by atoms with van der Waals surface area (Å²) in [5.41, 5.74) is 0. The maximum Gasteiger partial charge on any atom is 0.326 e. The highest BCUT2D eigenvalue weighted by Gasteiger charge is 2.24. The van der Waals surface area contributed by atoms with E-state index in [1.165, 1.54) is 6.92 Å². The molecule has 3 atom stereocenters. The van der Waals surface area contributed by atoms with Crippen molar-refractivity contribution in [2.24, 2.45) is 0 Å². The molecule has 0 saturated carbocycles. The van der Waals surface area contributed by atoms with E-state index < -0.39 is 41.8 Å². The first-order chi connectivity index (χ1) is 18.9. The molecule has 0 aromatic rings. The summed E-state index contributed by atoms with van der Waals surface area (Å²) >= 11 is 0. The van der Waals surface area contributed by atoms with E-state index in [2.05, 4.69) is 21.3 Å². The highest BCUT2D eigenvalue weighted by atomic mass is 16.4. The maximum atomic E-state index is 12.3. The molecule has 0 spiro atoms. The summed E-state index contributed by atoms with van der Waals surface area (Å²) in [5.74, 6) is -5.15. The van der Waals surface area contributed by atoms with Crippen molar-refractivity contribution < 1.29 is 48.9 Å². The predicted octanol–water partition coefficient (Wildman–Crippen LogP) is 0.574. The molecule has 0 radical (unpaired) electrons. The lowest BCUT2D eigenvalue weighted by Gasteiger charge is -2.17. The number of ketones is 1. The molecular formula is C26H44N4O10. The van der Waals surface area contributed by atoms with Gasteiger partial charge in [-0.25, -0.2) is 9.59 Å². The van der Waals surface area contributed by atoms with Crippen molar-refractivity contribution in [2.75, 3.05) is 13.6 Å². The molecule has 0 aromatic carbocycles. The molecule has 14 nitrogen and oxygen atoms in total. The van der Waals surface area contributed by atoms with Crippen molar-refractivity contribution in [3.05, 3.63) is 0 Å². The Morgan fingerprint density at radius 2 is 1.07 bits per heavy atom. The van der Waals surface area contributed by atoms with E-state index in [9.17, 15) is 43.8 Å². The standard InChI is InChI=1S/C26H44N4O10/c1-17(31)18(27-2)9-7-8-16-28-21(32)14-12-19(25(37)38)30-23(34)15-13-20(26(39)40)29-22(33)10-5-3-4-6-11-24(35)36/h18-20,27H,3-16H2,1-2H3,(H,28,32)(H,29,33)(H,30,34)(H,35,36)(H,37,38)(H,39,40)/t18-,19-,20-/m0/s1. The van der Waals surface area contributed by atoms with Gasteiger partial charge in [0.2, 0.25) is 17.7 Å². The predicted molar refractivity (Wildman–Crippen MR) is 143 cm³/mol. The Morgan fingerprint density at radius 1 is 0.575 bits per heavy atom. The Labute approximate surface area is 234 Å². The van der Waals surface area contributed by atoms with Crippen molar-refractivity contribution in [3.63, 3.8) is 0 Å². The van der Waals surface area contributed by atoms with Gasteiger partial charge in [0.25, 0.3) is 0 Å². The third-order valence-electron chi connectivity index (χ3n) is 6.21. The molecule has 0 heterocycles. The number of amides is 3. The highest BCUT2D eigenvalue weighted by Crippen LogP contribution is 2.07. The number of Topliss-reactive ketones (excluding diaryl/α,β-unsaturated/α-hetero) is 1. The van der Waals surface area contributed by atoms with Gasteiger partial charge in [-0.2, -0.15) is 0 Å². The summed E-state index contributed by atoms with van der Waals surface area (Å²) in [6.07, 6.45) is 3.39. The van der Waals surface area contributed by atoms with Crippen LogP contribution < -0.4 is 21.3 Å². The average Bonchev–Trinajstić information content (AvgIpc) is 2.87. The number of unbranched alkanes of at least 4 members (excludes halogenated alkanes) is 4. The monoisotopic (exact) mass is 572 g/mol. The molecule has 0 rings (SSSR count). The first kappa shape index (κ1) is 36.5. The minimum atomic E-state index is -1.34. The van der Waals surface area contributed by atoms with Gasteiger partial charge in [-0.05, 0) is 58.9 Å². The van der Waals surface area contributed by atoms with Crippen molar-refractivity contribution in [1.29, 1.82) is 0 Å². The first-order valence-electron chi connectivity index (χ1n) is 13.6. The van der Waals surface area contributed by atoms with Gasteiger partial charge in [-0.1, -0.05) is 12.8 Å². The zero-order valence-electron chi connectivity index (χ0n) is 23.3. The van der Waals surface area contributed by atoms with Crippen molar-refractivity contribution >= 4 is 41.4 Å². The van der Waals surface area contributed by atoms with Crippen LogP contribution in [0.1, 0.15) is 90.4 Å². The number of carbonyl (C=O) groups is 7. The molecule has 7 N–H and O–H groups in total. The van der Waals surface area contributed by atoms with E-state index in [1.807, 2.05) is 0 Å². The zero-order chi connectivity index (χ0) is 30.5. The molecule has 0 unspecified atom stereocenters. The summed E-state index contributed by atoms with van der Waals surface area (Å²) in [6.45, 7) is 1.87. The summed E-state index contributed by atoms with van der Waals surface area (Å²) in [6, 6.07) is -2.91. The van der Waals surface area contributed by atoms with Crippen LogP contribution in [0.3, 0.4) is 0 Å². The molecule has 0 fully saturated rings. The summed E-state index contributed by atoms with van der Waals surface area (Å²) in [4.78, 5) is 81.2. The lowest BCUT2D eigenvalue weighted by atomic mass is 10.1. The molecule has 40 heavy (non-hydrogen) atoms. The number of carboxylic acids is 3. The minimum Gasteiger partial charge on any atom is -0.481 e.